The normalized spacial score (nSPS) is 10.2. The highest BCUT2D eigenvalue weighted by Gasteiger charge is 2.06. The average molecular weight is 336 g/mol. The molecule has 0 bridgehead atoms. The third kappa shape index (κ3) is 4.22. The summed E-state index contributed by atoms with van der Waals surface area (Å²) in [6, 6.07) is 5.52. The van der Waals surface area contributed by atoms with Gasteiger partial charge in [-0.05, 0) is 48.0 Å². The van der Waals surface area contributed by atoms with Crippen molar-refractivity contribution < 1.29 is 4.79 Å². The zero-order valence-electron chi connectivity index (χ0n) is 8.47. The van der Waals surface area contributed by atoms with Crippen molar-refractivity contribution in [2.75, 3.05) is 5.32 Å². The number of amides is 2. The van der Waals surface area contributed by atoms with Gasteiger partial charge in [-0.2, -0.15) is 0 Å². The Morgan fingerprint density at radius 1 is 1.33 bits per heavy atom. The molecule has 82 valence electrons. The van der Waals surface area contributed by atoms with Crippen molar-refractivity contribution in [3.8, 4) is 0 Å². The molecule has 0 aliphatic rings. The maximum Gasteiger partial charge on any atom is 0.319 e. The number of carbonyl (C=O) groups excluding carboxylic acids is 1. The molecule has 0 saturated heterocycles. The average Bonchev–Trinajstić information content (AvgIpc) is 2.10. The van der Waals surface area contributed by atoms with Crippen LogP contribution in [-0.2, 0) is 0 Å². The Labute approximate surface area is 106 Å². The van der Waals surface area contributed by atoms with Gasteiger partial charge in [-0.3, -0.25) is 0 Å². The van der Waals surface area contributed by atoms with Gasteiger partial charge in [0.25, 0.3) is 0 Å². The highest BCUT2D eigenvalue weighted by Crippen LogP contribution is 2.25. The van der Waals surface area contributed by atoms with Crippen LogP contribution >= 0.6 is 31.9 Å². The Morgan fingerprint density at radius 2 is 2.00 bits per heavy atom. The van der Waals surface area contributed by atoms with Crippen molar-refractivity contribution in [2.45, 2.75) is 19.9 Å². The van der Waals surface area contributed by atoms with Crippen molar-refractivity contribution in [2.24, 2.45) is 0 Å². The lowest BCUT2D eigenvalue weighted by atomic mass is 10.3. The molecule has 15 heavy (non-hydrogen) atoms. The summed E-state index contributed by atoms with van der Waals surface area (Å²) in [5.41, 5.74) is 0.738. The minimum absolute atomic E-state index is 0.121. The second kappa shape index (κ2) is 5.51. The van der Waals surface area contributed by atoms with Gasteiger partial charge in [0, 0.05) is 15.0 Å². The summed E-state index contributed by atoms with van der Waals surface area (Å²) in [6.45, 7) is 3.82. The van der Waals surface area contributed by atoms with Gasteiger partial charge < -0.3 is 10.6 Å². The molecule has 0 aliphatic heterocycles. The van der Waals surface area contributed by atoms with Crippen LogP contribution in [0.3, 0.4) is 0 Å². The monoisotopic (exact) mass is 334 g/mol. The molecule has 5 heteroatoms. The van der Waals surface area contributed by atoms with Crippen molar-refractivity contribution in [1.82, 2.24) is 5.32 Å². The van der Waals surface area contributed by atoms with E-state index in [0.29, 0.717) is 0 Å². The lowest BCUT2D eigenvalue weighted by Gasteiger charge is -2.11. The molecule has 0 spiro atoms. The van der Waals surface area contributed by atoms with Gasteiger partial charge >= 0.3 is 6.03 Å². The van der Waals surface area contributed by atoms with E-state index >= 15 is 0 Å². The lowest BCUT2D eigenvalue weighted by molar-refractivity contribution is 0.250. The number of halogens is 2. The van der Waals surface area contributed by atoms with E-state index in [1.54, 1.807) is 0 Å². The number of nitrogens with one attached hydrogen (secondary N) is 2. The zero-order chi connectivity index (χ0) is 11.4. The molecule has 0 aliphatic carbocycles. The Hall–Kier alpha value is -0.550. The second-order valence-electron chi connectivity index (χ2n) is 3.38. The van der Waals surface area contributed by atoms with E-state index in [2.05, 4.69) is 42.5 Å². The Balaban J connectivity index is 2.71. The summed E-state index contributed by atoms with van der Waals surface area (Å²) < 4.78 is 1.77. The molecular formula is C10H12Br2N2O. The minimum Gasteiger partial charge on any atom is -0.336 e. The van der Waals surface area contributed by atoms with Crippen LogP contribution in [0.1, 0.15) is 13.8 Å². The van der Waals surface area contributed by atoms with E-state index in [1.807, 2.05) is 32.0 Å². The summed E-state index contributed by atoms with van der Waals surface area (Å²) in [4.78, 5) is 11.4. The van der Waals surface area contributed by atoms with Crippen molar-refractivity contribution in [3.05, 3.63) is 27.1 Å². The van der Waals surface area contributed by atoms with E-state index in [-0.39, 0.29) is 12.1 Å². The van der Waals surface area contributed by atoms with Crippen LogP contribution in [0.5, 0.6) is 0 Å². The third-order valence-electron chi connectivity index (χ3n) is 1.60. The number of anilines is 1. The van der Waals surface area contributed by atoms with E-state index in [0.717, 1.165) is 14.6 Å². The number of benzene rings is 1. The molecule has 1 aromatic rings. The van der Waals surface area contributed by atoms with Crippen LogP contribution in [0.25, 0.3) is 0 Å². The lowest BCUT2D eigenvalue weighted by Crippen LogP contribution is -2.34. The SMILES string of the molecule is CC(C)NC(=O)Nc1cc(Br)ccc1Br. The molecule has 1 rings (SSSR count). The first-order chi connectivity index (χ1) is 6.99. The van der Waals surface area contributed by atoms with E-state index in [1.165, 1.54) is 0 Å². The van der Waals surface area contributed by atoms with Gasteiger partial charge in [-0.1, -0.05) is 15.9 Å². The van der Waals surface area contributed by atoms with Gasteiger partial charge in [-0.25, -0.2) is 4.79 Å². The first-order valence-electron chi connectivity index (χ1n) is 4.51. The fraction of sp³-hybridized carbons (Fsp3) is 0.300. The second-order valence-corrected chi connectivity index (χ2v) is 5.15. The number of urea groups is 1. The van der Waals surface area contributed by atoms with Crippen LogP contribution in [-0.4, -0.2) is 12.1 Å². The quantitative estimate of drug-likeness (QED) is 0.849. The number of hydrogen-bond donors (Lipinski definition) is 2. The van der Waals surface area contributed by atoms with Crippen LogP contribution in [0.2, 0.25) is 0 Å². The molecule has 0 saturated carbocycles. The van der Waals surface area contributed by atoms with Gasteiger partial charge in [0.15, 0.2) is 0 Å². The summed E-state index contributed by atoms with van der Waals surface area (Å²) in [6.07, 6.45) is 0. The van der Waals surface area contributed by atoms with Crippen LogP contribution in [0, 0.1) is 0 Å². The molecule has 0 atom stereocenters. The maximum absolute atomic E-state index is 11.4. The maximum atomic E-state index is 11.4. The van der Waals surface area contributed by atoms with Crippen molar-refractivity contribution in [1.29, 1.82) is 0 Å². The topological polar surface area (TPSA) is 41.1 Å². The number of rotatable bonds is 2. The van der Waals surface area contributed by atoms with Crippen LogP contribution < -0.4 is 10.6 Å². The van der Waals surface area contributed by atoms with Gasteiger partial charge in [0.05, 0.1) is 5.69 Å². The molecule has 2 amide bonds. The molecule has 0 heterocycles. The Kier molecular flexibility index (Phi) is 4.60. The minimum atomic E-state index is -0.205. The molecular weight excluding hydrogens is 324 g/mol. The number of carbonyl (C=O) groups is 1. The first-order valence-corrected chi connectivity index (χ1v) is 6.10. The highest BCUT2D eigenvalue weighted by atomic mass is 79.9. The standard InChI is InChI=1S/C10H12Br2N2O/c1-6(2)13-10(15)14-9-5-7(11)3-4-8(9)12/h3-6H,1-2H3,(H2,13,14,15). The van der Waals surface area contributed by atoms with Crippen molar-refractivity contribution >= 4 is 43.6 Å². The molecule has 0 radical (unpaired) electrons. The Bertz CT molecular complexity index is 366. The highest BCUT2D eigenvalue weighted by molar-refractivity contribution is 9.11. The third-order valence-corrected chi connectivity index (χ3v) is 2.78. The van der Waals surface area contributed by atoms with Crippen LogP contribution in [0.15, 0.2) is 27.1 Å². The number of hydrogen-bond acceptors (Lipinski definition) is 1. The predicted octanol–water partition coefficient (Wildman–Crippen LogP) is 3.74. The van der Waals surface area contributed by atoms with E-state index < -0.39 is 0 Å². The fourth-order valence-electron chi connectivity index (χ4n) is 1.01. The Morgan fingerprint density at radius 3 is 2.60 bits per heavy atom. The summed E-state index contributed by atoms with van der Waals surface area (Å²) in [5, 5.41) is 5.51. The predicted molar refractivity (Wildman–Crippen MR) is 69.1 cm³/mol. The molecule has 0 fully saturated rings. The molecule has 0 unspecified atom stereocenters. The van der Waals surface area contributed by atoms with Gasteiger partial charge in [0.2, 0.25) is 0 Å². The van der Waals surface area contributed by atoms with Gasteiger partial charge in [0.1, 0.15) is 0 Å². The first kappa shape index (κ1) is 12.5. The van der Waals surface area contributed by atoms with E-state index in [4.69, 9.17) is 0 Å². The van der Waals surface area contributed by atoms with E-state index in [9.17, 15) is 4.79 Å². The van der Waals surface area contributed by atoms with Gasteiger partial charge in [-0.15, -0.1) is 0 Å². The smallest absolute Gasteiger partial charge is 0.319 e. The molecule has 1 aromatic carbocycles. The summed E-state index contributed by atoms with van der Waals surface area (Å²) in [7, 11) is 0. The largest absolute Gasteiger partial charge is 0.336 e. The van der Waals surface area contributed by atoms with Crippen molar-refractivity contribution in [3.63, 3.8) is 0 Å². The molecule has 2 N–H and O–H groups in total. The fourth-order valence-corrected chi connectivity index (χ4v) is 1.72. The summed E-state index contributed by atoms with van der Waals surface area (Å²) in [5.74, 6) is 0. The summed E-state index contributed by atoms with van der Waals surface area (Å²) >= 11 is 6.71. The molecule has 0 aromatic heterocycles. The van der Waals surface area contributed by atoms with Crippen LogP contribution in [0.4, 0.5) is 10.5 Å². The zero-order valence-corrected chi connectivity index (χ0v) is 11.6. The molecule has 3 nitrogen and oxygen atoms in total.